The molecule has 1 amide bonds. The van der Waals surface area contributed by atoms with Gasteiger partial charge in [-0.25, -0.2) is 12.8 Å². The van der Waals surface area contributed by atoms with Gasteiger partial charge in [0.15, 0.2) is 0 Å². The van der Waals surface area contributed by atoms with Crippen molar-refractivity contribution in [2.45, 2.75) is 43.4 Å². The molecule has 2 fully saturated rings. The monoisotopic (exact) mass is 368 g/mol. The molecule has 0 spiro atoms. The van der Waals surface area contributed by atoms with E-state index in [-0.39, 0.29) is 23.3 Å². The van der Waals surface area contributed by atoms with E-state index in [2.05, 4.69) is 0 Å². The number of benzene rings is 1. The van der Waals surface area contributed by atoms with E-state index in [9.17, 15) is 17.6 Å². The number of hydrogen-bond donors (Lipinski definition) is 0. The van der Waals surface area contributed by atoms with Crippen LogP contribution in [0.2, 0.25) is 0 Å². The molecule has 1 aromatic carbocycles. The second-order valence-corrected chi connectivity index (χ2v) is 8.84. The van der Waals surface area contributed by atoms with Crippen LogP contribution in [0.15, 0.2) is 29.2 Å². The Kier molecular flexibility index (Phi) is 5.74. The Hall–Kier alpha value is -1.47. The molecular formula is C18H25FN2O3S. The van der Waals surface area contributed by atoms with Gasteiger partial charge in [0.1, 0.15) is 5.82 Å². The lowest BCUT2D eigenvalue weighted by Gasteiger charge is -2.34. The molecule has 7 heteroatoms. The van der Waals surface area contributed by atoms with Gasteiger partial charge in [-0.05, 0) is 43.9 Å². The molecule has 1 aromatic rings. The molecule has 0 N–H and O–H groups in total. The van der Waals surface area contributed by atoms with Crippen LogP contribution >= 0.6 is 0 Å². The number of amides is 1. The molecule has 138 valence electrons. The van der Waals surface area contributed by atoms with Crippen molar-refractivity contribution in [1.82, 2.24) is 9.21 Å². The Morgan fingerprint density at radius 1 is 1.04 bits per heavy atom. The van der Waals surface area contributed by atoms with E-state index in [4.69, 9.17) is 0 Å². The number of carbonyl (C=O) groups is 1. The second kappa shape index (κ2) is 7.83. The molecule has 3 rings (SSSR count). The highest BCUT2D eigenvalue weighted by molar-refractivity contribution is 7.89. The molecule has 5 nitrogen and oxygen atoms in total. The van der Waals surface area contributed by atoms with Crippen molar-refractivity contribution in [1.29, 1.82) is 0 Å². The lowest BCUT2D eigenvalue weighted by atomic mass is 9.98. The zero-order chi connectivity index (χ0) is 17.9. The summed E-state index contributed by atoms with van der Waals surface area (Å²) in [5, 5.41) is 0. The average Bonchev–Trinajstić information content (AvgIpc) is 2.90. The molecule has 0 saturated carbocycles. The molecule has 0 unspecified atom stereocenters. The number of piperidine rings is 1. The van der Waals surface area contributed by atoms with Crippen LogP contribution in [0.4, 0.5) is 4.39 Å². The summed E-state index contributed by atoms with van der Waals surface area (Å²) in [6, 6.07) is 5.06. The fourth-order valence-corrected chi connectivity index (χ4v) is 5.24. The summed E-state index contributed by atoms with van der Waals surface area (Å²) in [5.41, 5.74) is 0. The molecule has 0 aliphatic carbocycles. The number of carbonyl (C=O) groups excluding carboxylic acids is 1. The van der Waals surface area contributed by atoms with Crippen LogP contribution in [0.5, 0.6) is 0 Å². The Balaban J connectivity index is 1.73. The zero-order valence-corrected chi connectivity index (χ0v) is 15.2. The van der Waals surface area contributed by atoms with Crippen LogP contribution in [0.1, 0.15) is 38.5 Å². The summed E-state index contributed by atoms with van der Waals surface area (Å²) in [5.74, 6) is -0.800. The standard InChI is InChI=1S/C18H25FN2O3S/c19-16-8-5-9-17(13-16)25(23,24)21-12-6-7-15(14-21)18(22)20-10-3-1-2-4-11-20/h5,8-9,13,15H,1-4,6-7,10-12,14H2/t15-/m0/s1. The van der Waals surface area contributed by atoms with Crippen LogP contribution in [0, 0.1) is 11.7 Å². The topological polar surface area (TPSA) is 57.7 Å². The maximum Gasteiger partial charge on any atom is 0.243 e. The van der Waals surface area contributed by atoms with Gasteiger partial charge >= 0.3 is 0 Å². The molecule has 0 bridgehead atoms. The second-order valence-electron chi connectivity index (χ2n) is 6.90. The Bertz CT molecular complexity index is 715. The quantitative estimate of drug-likeness (QED) is 0.824. The highest BCUT2D eigenvalue weighted by Gasteiger charge is 2.35. The van der Waals surface area contributed by atoms with Crippen molar-refractivity contribution in [2.75, 3.05) is 26.2 Å². The minimum absolute atomic E-state index is 0.0460. The number of halogens is 1. The molecule has 1 atom stereocenters. The van der Waals surface area contributed by atoms with Crippen LogP contribution in [0.3, 0.4) is 0 Å². The summed E-state index contributed by atoms with van der Waals surface area (Å²) >= 11 is 0. The summed E-state index contributed by atoms with van der Waals surface area (Å²) in [6.45, 7) is 2.11. The summed E-state index contributed by atoms with van der Waals surface area (Å²) in [7, 11) is -3.77. The zero-order valence-electron chi connectivity index (χ0n) is 14.4. The third kappa shape index (κ3) is 4.20. The van der Waals surface area contributed by atoms with Crippen molar-refractivity contribution in [3.63, 3.8) is 0 Å². The third-order valence-corrected chi connectivity index (χ3v) is 6.95. The average molecular weight is 368 g/mol. The van der Waals surface area contributed by atoms with Crippen molar-refractivity contribution in [3.8, 4) is 0 Å². The van der Waals surface area contributed by atoms with Crippen LogP contribution in [-0.4, -0.2) is 49.7 Å². The number of sulfonamides is 1. The minimum Gasteiger partial charge on any atom is -0.342 e. The highest BCUT2D eigenvalue weighted by atomic mass is 32.2. The molecule has 0 aromatic heterocycles. The maximum absolute atomic E-state index is 13.4. The van der Waals surface area contributed by atoms with Crippen molar-refractivity contribution >= 4 is 15.9 Å². The number of rotatable bonds is 3. The fourth-order valence-electron chi connectivity index (χ4n) is 3.69. The number of nitrogens with zero attached hydrogens (tertiary/aromatic N) is 2. The SMILES string of the molecule is O=C([C@H]1CCCN(S(=O)(=O)c2cccc(F)c2)C1)N1CCCCCC1. The first-order chi connectivity index (χ1) is 12.0. The lowest BCUT2D eigenvalue weighted by Crippen LogP contribution is -2.47. The van der Waals surface area contributed by atoms with Gasteiger partial charge in [0.05, 0.1) is 10.8 Å². The van der Waals surface area contributed by atoms with Gasteiger partial charge in [0.2, 0.25) is 15.9 Å². The van der Waals surface area contributed by atoms with E-state index in [1.807, 2.05) is 4.90 Å². The van der Waals surface area contributed by atoms with E-state index < -0.39 is 15.8 Å². The van der Waals surface area contributed by atoms with Gasteiger partial charge in [-0.15, -0.1) is 0 Å². The van der Waals surface area contributed by atoms with Gasteiger partial charge < -0.3 is 4.90 Å². The Morgan fingerprint density at radius 2 is 1.76 bits per heavy atom. The maximum atomic E-state index is 13.4. The first-order valence-corrected chi connectivity index (χ1v) is 10.5. The fraction of sp³-hybridized carbons (Fsp3) is 0.611. The van der Waals surface area contributed by atoms with E-state index in [1.54, 1.807) is 0 Å². The Labute approximate surface area is 148 Å². The van der Waals surface area contributed by atoms with Crippen molar-refractivity contribution < 1.29 is 17.6 Å². The minimum atomic E-state index is -3.77. The number of likely N-dealkylation sites (tertiary alicyclic amines) is 1. The van der Waals surface area contributed by atoms with Crippen LogP contribution in [-0.2, 0) is 14.8 Å². The Morgan fingerprint density at radius 3 is 2.44 bits per heavy atom. The van der Waals surface area contributed by atoms with Crippen LogP contribution in [0.25, 0.3) is 0 Å². The van der Waals surface area contributed by atoms with Crippen molar-refractivity contribution in [2.24, 2.45) is 5.92 Å². The highest BCUT2D eigenvalue weighted by Crippen LogP contribution is 2.26. The van der Waals surface area contributed by atoms with Crippen LogP contribution < -0.4 is 0 Å². The predicted octanol–water partition coefficient (Wildman–Crippen LogP) is 2.63. The van der Waals surface area contributed by atoms with Gasteiger partial charge in [-0.1, -0.05) is 18.9 Å². The first kappa shape index (κ1) is 18.3. The molecule has 25 heavy (non-hydrogen) atoms. The smallest absolute Gasteiger partial charge is 0.243 e. The summed E-state index contributed by atoms with van der Waals surface area (Å²) in [6.07, 6.45) is 5.69. The normalized spacial score (nSPS) is 23.2. The molecule has 2 saturated heterocycles. The first-order valence-electron chi connectivity index (χ1n) is 9.03. The molecule has 2 aliphatic rings. The molecule has 0 radical (unpaired) electrons. The van der Waals surface area contributed by atoms with Gasteiger partial charge in [0, 0.05) is 26.2 Å². The summed E-state index contributed by atoms with van der Waals surface area (Å²) < 4.78 is 40.3. The van der Waals surface area contributed by atoms with E-state index in [0.29, 0.717) is 19.4 Å². The van der Waals surface area contributed by atoms with E-state index in [0.717, 1.165) is 44.8 Å². The van der Waals surface area contributed by atoms with Crippen molar-refractivity contribution in [3.05, 3.63) is 30.1 Å². The largest absolute Gasteiger partial charge is 0.342 e. The molecular weight excluding hydrogens is 343 g/mol. The number of hydrogen-bond acceptors (Lipinski definition) is 3. The third-order valence-electron chi connectivity index (χ3n) is 5.08. The molecule has 2 aliphatic heterocycles. The van der Waals surface area contributed by atoms with Gasteiger partial charge in [-0.2, -0.15) is 4.31 Å². The van der Waals surface area contributed by atoms with Gasteiger partial charge in [0.25, 0.3) is 0 Å². The van der Waals surface area contributed by atoms with E-state index in [1.165, 1.54) is 22.5 Å². The predicted molar refractivity (Wildman–Crippen MR) is 92.9 cm³/mol. The van der Waals surface area contributed by atoms with Gasteiger partial charge in [-0.3, -0.25) is 4.79 Å². The lowest BCUT2D eigenvalue weighted by molar-refractivity contribution is -0.136. The summed E-state index contributed by atoms with van der Waals surface area (Å²) in [4.78, 5) is 14.7. The van der Waals surface area contributed by atoms with E-state index >= 15 is 0 Å². The molecule has 2 heterocycles.